The first kappa shape index (κ1) is 16.8. The van der Waals surface area contributed by atoms with E-state index in [-0.39, 0.29) is 23.1 Å². The van der Waals surface area contributed by atoms with Crippen LogP contribution in [0.5, 0.6) is 0 Å². The van der Waals surface area contributed by atoms with Crippen molar-refractivity contribution >= 4 is 5.91 Å². The Kier molecular flexibility index (Phi) is 4.18. The molecule has 6 nitrogen and oxygen atoms in total. The summed E-state index contributed by atoms with van der Waals surface area (Å²) < 4.78 is 0. The highest BCUT2D eigenvalue weighted by Crippen LogP contribution is 2.59. The van der Waals surface area contributed by atoms with Gasteiger partial charge in [-0.25, -0.2) is 4.98 Å². The van der Waals surface area contributed by atoms with Crippen molar-refractivity contribution < 1.29 is 9.90 Å². The van der Waals surface area contributed by atoms with Crippen LogP contribution in [0, 0.1) is 17.8 Å². The minimum Gasteiger partial charge on any atom is -0.391 e. The topological polar surface area (TPSA) is 95.1 Å². The van der Waals surface area contributed by atoms with Crippen LogP contribution in [0.1, 0.15) is 68.1 Å². The molecular weight excluding hydrogens is 318 g/mol. The van der Waals surface area contributed by atoms with Gasteiger partial charge in [-0.15, -0.1) is 0 Å². The first-order valence-electron chi connectivity index (χ1n) is 9.55. The molecule has 1 aromatic heterocycles. The Morgan fingerprint density at radius 2 is 1.92 bits per heavy atom. The zero-order valence-electron chi connectivity index (χ0n) is 14.8. The highest BCUT2D eigenvalue weighted by atomic mass is 16.3. The molecular formula is C19H27N3O3. The smallest absolute Gasteiger partial charge is 0.263 e. The van der Waals surface area contributed by atoms with E-state index in [1.807, 2.05) is 6.92 Å². The fourth-order valence-corrected chi connectivity index (χ4v) is 5.68. The van der Waals surface area contributed by atoms with E-state index in [1.165, 1.54) is 25.5 Å². The molecule has 4 saturated carbocycles. The lowest BCUT2D eigenvalue weighted by Gasteiger charge is -2.56. The van der Waals surface area contributed by atoms with Crippen molar-refractivity contribution in [1.82, 2.24) is 15.3 Å². The fraction of sp³-hybridized carbons (Fsp3) is 0.737. The largest absolute Gasteiger partial charge is 0.391 e. The molecule has 6 heteroatoms. The maximum atomic E-state index is 12.5. The van der Waals surface area contributed by atoms with Gasteiger partial charge in [0.1, 0.15) is 11.4 Å². The van der Waals surface area contributed by atoms with Gasteiger partial charge in [-0.3, -0.25) is 9.59 Å². The lowest BCUT2D eigenvalue weighted by atomic mass is 9.49. The molecule has 0 aliphatic heterocycles. The molecule has 0 aromatic carbocycles. The Morgan fingerprint density at radius 1 is 1.32 bits per heavy atom. The number of aromatic nitrogens is 2. The van der Waals surface area contributed by atoms with Gasteiger partial charge in [0.15, 0.2) is 0 Å². The molecule has 5 rings (SSSR count). The minimum atomic E-state index is -0.595. The van der Waals surface area contributed by atoms with Gasteiger partial charge >= 0.3 is 0 Å². The molecule has 4 bridgehead atoms. The van der Waals surface area contributed by atoms with Crippen molar-refractivity contribution in [2.75, 3.05) is 6.54 Å². The SMILES string of the molecule is CC[C@H](O)CNC(=O)c1cnc(C23CC4CC(CC(C4)C2)C3)[nH]c1=O. The van der Waals surface area contributed by atoms with Crippen LogP contribution in [0.3, 0.4) is 0 Å². The number of H-pyrrole nitrogens is 1. The van der Waals surface area contributed by atoms with E-state index in [2.05, 4.69) is 15.3 Å². The summed E-state index contributed by atoms with van der Waals surface area (Å²) in [7, 11) is 0. The monoisotopic (exact) mass is 345 g/mol. The van der Waals surface area contributed by atoms with Gasteiger partial charge in [0.25, 0.3) is 11.5 Å². The minimum absolute atomic E-state index is 0.0152. The first-order valence-corrected chi connectivity index (χ1v) is 9.55. The number of hydrogen-bond acceptors (Lipinski definition) is 4. The molecule has 136 valence electrons. The van der Waals surface area contributed by atoms with E-state index < -0.39 is 12.0 Å². The van der Waals surface area contributed by atoms with Gasteiger partial charge in [0.2, 0.25) is 0 Å². The Hall–Kier alpha value is -1.69. The van der Waals surface area contributed by atoms with Crippen molar-refractivity contribution in [3.63, 3.8) is 0 Å². The number of amides is 1. The maximum absolute atomic E-state index is 12.5. The molecule has 1 amide bonds. The van der Waals surface area contributed by atoms with Gasteiger partial charge in [-0.2, -0.15) is 0 Å². The number of hydrogen-bond donors (Lipinski definition) is 3. The Balaban J connectivity index is 1.54. The van der Waals surface area contributed by atoms with Crippen LogP contribution in [-0.4, -0.2) is 33.6 Å². The number of rotatable bonds is 5. The molecule has 4 aliphatic carbocycles. The van der Waals surface area contributed by atoms with E-state index in [0.29, 0.717) is 6.42 Å². The van der Waals surface area contributed by atoms with Crippen LogP contribution in [-0.2, 0) is 5.41 Å². The summed E-state index contributed by atoms with van der Waals surface area (Å²) in [6, 6.07) is 0. The molecule has 3 N–H and O–H groups in total. The zero-order valence-corrected chi connectivity index (χ0v) is 14.8. The molecule has 4 aliphatic rings. The van der Waals surface area contributed by atoms with Crippen molar-refractivity contribution in [2.45, 2.75) is 63.4 Å². The number of carbonyl (C=O) groups excluding carboxylic acids is 1. The van der Waals surface area contributed by atoms with Crippen LogP contribution < -0.4 is 10.9 Å². The summed E-state index contributed by atoms with van der Waals surface area (Å²) >= 11 is 0. The Morgan fingerprint density at radius 3 is 2.44 bits per heavy atom. The van der Waals surface area contributed by atoms with Crippen LogP contribution in [0.15, 0.2) is 11.0 Å². The number of aromatic amines is 1. The summed E-state index contributed by atoms with van der Waals surface area (Å²) in [4.78, 5) is 32.1. The first-order chi connectivity index (χ1) is 12.0. The third-order valence-corrected chi connectivity index (χ3v) is 6.55. The number of carbonyl (C=O) groups is 1. The molecule has 25 heavy (non-hydrogen) atoms. The summed E-state index contributed by atoms with van der Waals surface area (Å²) in [6.45, 7) is 1.98. The van der Waals surface area contributed by atoms with Crippen LogP contribution in [0.25, 0.3) is 0 Å². The number of nitrogens with zero attached hydrogens (tertiary/aromatic N) is 1. The summed E-state index contributed by atoms with van der Waals surface area (Å²) in [6.07, 6.45) is 8.75. The second-order valence-electron chi connectivity index (χ2n) is 8.44. The van der Waals surface area contributed by atoms with E-state index >= 15 is 0 Å². The third-order valence-electron chi connectivity index (χ3n) is 6.55. The van der Waals surface area contributed by atoms with Crippen LogP contribution in [0.4, 0.5) is 0 Å². The molecule has 4 fully saturated rings. The lowest BCUT2D eigenvalue weighted by Crippen LogP contribution is -2.50. The molecule has 0 radical (unpaired) electrons. The second-order valence-corrected chi connectivity index (χ2v) is 8.44. The summed E-state index contributed by atoms with van der Waals surface area (Å²) in [5, 5.41) is 12.1. The molecule has 1 atom stereocenters. The predicted molar refractivity (Wildman–Crippen MR) is 93.3 cm³/mol. The maximum Gasteiger partial charge on any atom is 0.263 e. The van der Waals surface area contributed by atoms with E-state index in [9.17, 15) is 14.7 Å². The van der Waals surface area contributed by atoms with Gasteiger partial charge in [0, 0.05) is 18.2 Å². The second kappa shape index (κ2) is 6.24. The molecule has 1 heterocycles. The number of aliphatic hydroxyl groups excluding tert-OH is 1. The predicted octanol–water partition coefficient (Wildman–Crippen LogP) is 1.74. The van der Waals surface area contributed by atoms with Crippen LogP contribution >= 0.6 is 0 Å². The quantitative estimate of drug-likeness (QED) is 0.757. The third kappa shape index (κ3) is 3.01. The standard InChI is InChI=1S/C19H27N3O3/c1-2-14(23)9-20-16(24)15-10-21-18(22-17(15)25)19-6-11-3-12(7-19)5-13(4-11)8-19/h10-14,23H,2-9H2,1H3,(H,20,24)(H,21,22,25)/t11?,12?,13?,14-,19?/m0/s1. The average molecular weight is 345 g/mol. The fourth-order valence-electron chi connectivity index (χ4n) is 5.68. The molecule has 0 spiro atoms. The molecule has 1 aromatic rings. The Labute approximate surface area is 147 Å². The van der Waals surface area contributed by atoms with Crippen molar-refractivity contribution in [1.29, 1.82) is 0 Å². The highest BCUT2D eigenvalue weighted by Gasteiger charge is 2.52. The molecule has 0 unspecified atom stereocenters. The van der Waals surface area contributed by atoms with E-state index in [4.69, 9.17) is 0 Å². The number of aliphatic hydroxyl groups is 1. The highest BCUT2D eigenvalue weighted by molar-refractivity contribution is 5.93. The van der Waals surface area contributed by atoms with Crippen molar-refractivity contribution in [2.24, 2.45) is 17.8 Å². The average Bonchev–Trinajstić information content (AvgIpc) is 2.58. The van der Waals surface area contributed by atoms with Gasteiger partial charge in [-0.05, 0) is 62.7 Å². The van der Waals surface area contributed by atoms with Gasteiger partial charge in [0.05, 0.1) is 6.10 Å². The normalized spacial score (nSPS) is 34.1. The number of nitrogens with one attached hydrogen (secondary N) is 2. The van der Waals surface area contributed by atoms with Gasteiger partial charge < -0.3 is 15.4 Å². The molecule has 0 saturated heterocycles. The van der Waals surface area contributed by atoms with Crippen molar-refractivity contribution in [3.05, 3.63) is 27.9 Å². The van der Waals surface area contributed by atoms with Gasteiger partial charge in [-0.1, -0.05) is 6.92 Å². The summed E-state index contributed by atoms with van der Waals surface area (Å²) in [5.74, 6) is 2.63. The summed E-state index contributed by atoms with van der Waals surface area (Å²) in [5.41, 5.74) is -0.331. The lowest BCUT2D eigenvalue weighted by molar-refractivity contribution is -0.00953. The van der Waals surface area contributed by atoms with Crippen LogP contribution in [0.2, 0.25) is 0 Å². The van der Waals surface area contributed by atoms with E-state index in [1.54, 1.807) is 0 Å². The van der Waals surface area contributed by atoms with E-state index in [0.717, 1.165) is 42.8 Å². The van der Waals surface area contributed by atoms with Crippen molar-refractivity contribution in [3.8, 4) is 0 Å². The zero-order chi connectivity index (χ0) is 17.6. The Bertz CT molecular complexity index is 692.